The van der Waals surface area contributed by atoms with Gasteiger partial charge in [0.15, 0.2) is 0 Å². The molecule has 0 bridgehead atoms. The van der Waals surface area contributed by atoms with Gasteiger partial charge in [0, 0.05) is 6.20 Å². The predicted molar refractivity (Wildman–Crippen MR) is 120 cm³/mol. The van der Waals surface area contributed by atoms with Gasteiger partial charge in [0.05, 0.1) is 5.70 Å². The number of hydrogen-bond acceptors (Lipinski definition) is 7. The Morgan fingerprint density at radius 2 is 1.52 bits per heavy atom. The van der Waals surface area contributed by atoms with Crippen LogP contribution >= 0.6 is 23.9 Å². The van der Waals surface area contributed by atoms with Gasteiger partial charge in [-0.05, 0) is 61.9 Å². The molecule has 0 atom stereocenters. The van der Waals surface area contributed by atoms with E-state index in [1.807, 2.05) is 124 Å². The van der Waals surface area contributed by atoms with Crippen LogP contribution in [-0.2, 0) is 17.1 Å². The first kappa shape index (κ1) is 23.2. The quantitative estimate of drug-likeness (QED) is 0.363. The van der Waals surface area contributed by atoms with Crippen molar-refractivity contribution in [2.45, 2.75) is 0 Å². The van der Waals surface area contributed by atoms with Gasteiger partial charge in [0.1, 0.15) is 0 Å². The molecule has 29 heavy (non-hydrogen) atoms. The Kier molecular flexibility index (Phi) is 10.0. The third-order valence-electron chi connectivity index (χ3n) is 3.68. The van der Waals surface area contributed by atoms with Crippen LogP contribution in [0.4, 0.5) is 0 Å². The summed E-state index contributed by atoms with van der Waals surface area (Å²) in [6.07, 6.45) is 31.7. The van der Waals surface area contributed by atoms with Crippen LogP contribution in [0.3, 0.4) is 0 Å². The first-order valence-electron chi connectivity index (χ1n) is 8.61. The van der Waals surface area contributed by atoms with Gasteiger partial charge in [0.2, 0.25) is 0 Å². The Balaban J connectivity index is 0.000000200. The van der Waals surface area contributed by atoms with Crippen molar-refractivity contribution < 1.29 is 17.1 Å². The van der Waals surface area contributed by atoms with Crippen LogP contribution in [0, 0.1) is 13.3 Å². The Hall–Kier alpha value is -2.06. The maximum atomic E-state index is 4.22. The maximum absolute atomic E-state index is 4.22. The average molecular weight is 467 g/mol. The van der Waals surface area contributed by atoms with E-state index < -0.39 is 0 Å². The SMILES string of the molecule is CSN1C=CN(/C=C2/C=CC=CN2)[CH-]1.CSN1C=CN(/C=C2/C=CC=C[N-]2)[CH-]1.[Fe+3]. The Bertz CT molecular complexity index is 705. The summed E-state index contributed by atoms with van der Waals surface area (Å²) in [6, 6.07) is 0. The second kappa shape index (κ2) is 12.5. The molecule has 0 unspecified atom stereocenters. The largest absolute Gasteiger partial charge is 3.00 e. The molecule has 0 saturated heterocycles. The van der Waals surface area contributed by atoms with Crippen molar-refractivity contribution in [2.24, 2.45) is 0 Å². The van der Waals surface area contributed by atoms with Gasteiger partial charge in [0.25, 0.3) is 0 Å². The molecule has 0 spiro atoms. The van der Waals surface area contributed by atoms with Gasteiger partial charge in [-0.15, -0.1) is 19.0 Å². The summed E-state index contributed by atoms with van der Waals surface area (Å²) in [6.45, 7) is 4.02. The van der Waals surface area contributed by atoms with E-state index in [0.717, 1.165) is 11.4 Å². The zero-order chi connectivity index (χ0) is 19.6. The van der Waals surface area contributed by atoms with E-state index in [2.05, 4.69) is 10.6 Å². The maximum Gasteiger partial charge on any atom is 3.00 e. The fourth-order valence-electron chi connectivity index (χ4n) is 2.32. The number of dihydropyridines is 1. The van der Waals surface area contributed by atoms with Crippen molar-refractivity contribution in [3.63, 3.8) is 0 Å². The molecule has 4 rings (SSSR count). The predicted octanol–water partition coefficient (Wildman–Crippen LogP) is 4.76. The molecule has 4 heterocycles. The molecule has 0 aromatic heterocycles. The first-order chi connectivity index (χ1) is 13.8. The smallest absolute Gasteiger partial charge is 0.663 e. The van der Waals surface area contributed by atoms with Crippen LogP contribution in [0.1, 0.15) is 0 Å². The van der Waals surface area contributed by atoms with Gasteiger partial charge in [-0.1, -0.05) is 48.2 Å². The van der Waals surface area contributed by atoms with Crippen molar-refractivity contribution in [3.05, 3.63) is 116 Å². The first-order valence-corrected chi connectivity index (χ1v) is 11.0. The van der Waals surface area contributed by atoms with Crippen LogP contribution in [0.15, 0.2) is 97.4 Å². The van der Waals surface area contributed by atoms with Gasteiger partial charge in [-0.3, -0.25) is 0 Å². The van der Waals surface area contributed by atoms with Crippen LogP contribution in [0.2, 0.25) is 0 Å². The average Bonchev–Trinajstić information content (AvgIpc) is 3.39. The number of hydrogen-bond donors (Lipinski definition) is 1. The summed E-state index contributed by atoms with van der Waals surface area (Å²) in [5, 5.41) is 7.37. The zero-order valence-electron chi connectivity index (χ0n) is 16.1. The van der Waals surface area contributed by atoms with E-state index in [0.29, 0.717) is 0 Å². The van der Waals surface area contributed by atoms with Gasteiger partial charge in [-0.2, -0.15) is 6.20 Å². The van der Waals surface area contributed by atoms with Crippen molar-refractivity contribution in [3.8, 4) is 0 Å². The molecule has 0 fully saturated rings. The Morgan fingerprint density at radius 1 is 0.862 bits per heavy atom. The van der Waals surface area contributed by atoms with Gasteiger partial charge >= 0.3 is 17.1 Å². The molecule has 4 aliphatic heterocycles. The molecular weight excluding hydrogens is 444 g/mol. The van der Waals surface area contributed by atoms with Gasteiger partial charge < -0.3 is 29.0 Å². The van der Waals surface area contributed by atoms with Crippen LogP contribution in [0.25, 0.3) is 5.32 Å². The van der Waals surface area contributed by atoms with Crippen molar-refractivity contribution in [1.82, 2.24) is 23.7 Å². The molecule has 6 nitrogen and oxygen atoms in total. The summed E-state index contributed by atoms with van der Waals surface area (Å²) >= 11 is 3.32. The van der Waals surface area contributed by atoms with Crippen LogP contribution in [0.5, 0.6) is 0 Å². The third kappa shape index (κ3) is 7.70. The zero-order valence-corrected chi connectivity index (χ0v) is 18.9. The second-order valence-electron chi connectivity index (χ2n) is 5.64. The number of nitrogens with zero attached hydrogens (tertiary/aromatic N) is 5. The minimum absolute atomic E-state index is 0. The molecule has 0 aromatic rings. The van der Waals surface area contributed by atoms with Crippen molar-refractivity contribution >= 4 is 23.9 Å². The third-order valence-corrected chi connectivity index (χ3v) is 4.95. The van der Waals surface area contributed by atoms with E-state index in [1.165, 1.54) is 0 Å². The molecule has 0 amide bonds. The van der Waals surface area contributed by atoms with Crippen molar-refractivity contribution in [1.29, 1.82) is 0 Å². The van der Waals surface area contributed by atoms with Crippen LogP contribution < -0.4 is 5.32 Å². The monoisotopic (exact) mass is 467 g/mol. The fourth-order valence-corrected chi connectivity index (χ4v) is 3.08. The standard InChI is InChI=1S/C10H12N3S.C10H11N3S.Fe/c2*1-14-13-7-6-12(9-13)8-10-4-2-3-5-11-10;/h2-9,11H,1H3;2-9H,1H3;/q-1;-2;+3/b2*10-8-;. The number of rotatable bonds is 4. The molecule has 0 saturated carbocycles. The molecule has 1 N–H and O–H groups in total. The molecule has 9 heteroatoms. The van der Waals surface area contributed by atoms with E-state index in [-0.39, 0.29) is 17.1 Å². The van der Waals surface area contributed by atoms with Crippen molar-refractivity contribution in [2.75, 3.05) is 12.5 Å². The fraction of sp³-hybridized carbons (Fsp3) is 0.100. The van der Waals surface area contributed by atoms with E-state index >= 15 is 0 Å². The minimum Gasteiger partial charge on any atom is -0.663 e. The summed E-state index contributed by atoms with van der Waals surface area (Å²) < 4.78 is 4.07. The summed E-state index contributed by atoms with van der Waals surface area (Å²) in [4.78, 5) is 4.00. The van der Waals surface area contributed by atoms with Crippen LogP contribution in [-0.4, -0.2) is 30.9 Å². The summed E-state index contributed by atoms with van der Waals surface area (Å²) in [5.74, 6) is 0. The number of nitrogens with one attached hydrogen (secondary N) is 1. The second-order valence-corrected chi connectivity index (χ2v) is 7.21. The molecule has 153 valence electrons. The molecular formula is C20H23FeN6S2. The van der Waals surface area contributed by atoms with E-state index in [4.69, 9.17) is 0 Å². The topological polar surface area (TPSA) is 39.1 Å². The van der Waals surface area contributed by atoms with E-state index in [9.17, 15) is 0 Å². The van der Waals surface area contributed by atoms with E-state index in [1.54, 1.807) is 30.1 Å². The Labute approximate surface area is 192 Å². The summed E-state index contributed by atoms with van der Waals surface area (Å²) in [5.41, 5.74) is 2.03. The van der Waals surface area contributed by atoms with Gasteiger partial charge in [-0.25, -0.2) is 0 Å². The molecule has 4 aliphatic rings. The summed E-state index contributed by atoms with van der Waals surface area (Å²) in [7, 11) is 0. The molecule has 1 radical (unpaired) electrons. The normalized spacial score (nSPS) is 21.4. The number of allylic oxidation sites excluding steroid dienone is 6. The molecule has 0 aliphatic carbocycles. The Morgan fingerprint density at radius 3 is 2.03 bits per heavy atom. The molecule has 0 aromatic carbocycles. The minimum atomic E-state index is 0.